The zero-order valence-electron chi connectivity index (χ0n) is 24.9. The van der Waals surface area contributed by atoms with E-state index in [0.717, 1.165) is 25.9 Å². The molecule has 5 saturated heterocycles. The quantitative estimate of drug-likeness (QED) is 0.130. The Morgan fingerprint density at radius 3 is 2.77 bits per heavy atom. The zero-order chi connectivity index (χ0) is 31.3. The molecule has 0 aliphatic carbocycles. The van der Waals surface area contributed by atoms with Gasteiger partial charge in [0.25, 0.3) is 0 Å². The van der Waals surface area contributed by atoms with Crippen LogP contribution in [0.2, 0.25) is 0 Å². The number of nitrogens with one attached hydrogen (secondary N) is 2. The van der Waals surface area contributed by atoms with E-state index >= 15 is 0 Å². The molecule has 44 heavy (non-hydrogen) atoms. The van der Waals surface area contributed by atoms with Crippen molar-refractivity contribution in [3.8, 4) is 0 Å². The van der Waals surface area contributed by atoms with Gasteiger partial charge in [0.05, 0.1) is 12.0 Å². The number of hydrogen-bond acceptors (Lipinski definition) is 12. The van der Waals surface area contributed by atoms with Gasteiger partial charge in [0.1, 0.15) is 25.1 Å². The number of aliphatic hydroxyl groups is 1. The Morgan fingerprint density at radius 1 is 1.27 bits per heavy atom. The Bertz CT molecular complexity index is 1250. The van der Waals surface area contributed by atoms with Gasteiger partial charge in [0.15, 0.2) is 0 Å². The second kappa shape index (κ2) is 12.5. The van der Waals surface area contributed by atoms with Crippen LogP contribution in [0.25, 0.3) is 0 Å². The Morgan fingerprint density at radius 2 is 2.07 bits per heavy atom. The highest BCUT2D eigenvalue weighted by Crippen LogP contribution is 2.50. The molecule has 1 aromatic rings. The fraction of sp³-hybridized carbons (Fsp3) is 0.815. The lowest BCUT2D eigenvalue weighted by Gasteiger charge is -2.48. The molecule has 16 nitrogen and oxygen atoms in total. The van der Waals surface area contributed by atoms with Crippen LogP contribution in [0.5, 0.6) is 0 Å². The number of carboxylic acid groups (broad SMARTS) is 1. The van der Waals surface area contributed by atoms with Gasteiger partial charge in [-0.15, -0.1) is 5.10 Å². The number of thioether (sulfide) groups is 1. The van der Waals surface area contributed by atoms with E-state index in [4.69, 9.17) is 5.73 Å². The molecule has 0 spiro atoms. The predicted octanol–water partition coefficient (Wildman–Crippen LogP) is -2.86. The number of rotatable bonds is 10. The summed E-state index contributed by atoms with van der Waals surface area (Å²) < 4.78 is 1.29. The molecule has 5 aliphatic heterocycles. The molecule has 9 unspecified atom stereocenters. The Balaban J connectivity index is 1.05. The molecule has 6 heterocycles. The van der Waals surface area contributed by atoms with Gasteiger partial charge in [-0.2, -0.15) is 11.8 Å². The molecule has 1 aromatic heterocycles. The number of β-lactam (4-membered cyclic amide) rings is 1. The van der Waals surface area contributed by atoms with E-state index in [9.17, 15) is 29.4 Å². The molecule has 6 N–H and O–H groups in total. The van der Waals surface area contributed by atoms with Crippen LogP contribution in [-0.2, 0) is 25.7 Å². The first-order valence-corrected chi connectivity index (χ1v) is 16.4. The minimum atomic E-state index is -1.03. The molecule has 17 heteroatoms. The van der Waals surface area contributed by atoms with Crippen molar-refractivity contribution in [1.29, 1.82) is 0 Å². The van der Waals surface area contributed by atoms with Crippen LogP contribution in [0.3, 0.4) is 0 Å². The van der Waals surface area contributed by atoms with E-state index in [1.807, 2.05) is 11.8 Å². The SMILES string of the molecule is CC(NC(=O)Cn1cnnn1)[C@H]1C(=O)N2C(C(=O)O)C(SC3CNC(C(=O)N4CCC5CN(CC(N)O)CCC54)C3)C(C)[C@H]12. The summed E-state index contributed by atoms with van der Waals surface area (Å²) in [5, 5.41) is 36.4. The van der Waals surface area contributed by atoms with E-state index in [1.165, 1.54) is 15.9 Å². The van der Waals surface area contributed by atoms with Crippen molar-refractivity contribution in [1.82, 2.24) is 45.5 Å². The summed E-state index contributed by atoms with van der Waals surface area (Å²) in [6, 6.07) is -1.88. The largest absolute Gasteiger partial charge is 0.480 e. The van der Waals surface area contributed by atoms with E-state index in [-0.39, 0.29) is 58.8 Å². The third-order valence-corrected chi connectivity index (χ3v) is 11.9. The van der Waals surface area contributed by atoms with E-state index in [0.29, 0.717) is 32.0 Å². The third kappa shape index (κ3) is 5.79. The first kappa shape index (κ1) is 31.1. The zero-order valence-corrected chi connectivity index (χ0v) is 25.8. The summed E-state index contributed by atoms with van der Waals surface area (Å²) >= 11 is 1.57. The second-order valence-electron chi connectivity index (χ2n) is 13.0. The van der Waals surface area contributed by atoms with Crippen molar-refractivity contribution in [2.45, 2.75) is 86.6 Å². The normalized spacial score (nSPS) is 36.5. The van der Waals surface area contributed by atoms with Gasteiger partial charge < -0.3 is 36.4 Å². The summed E-state index contributed by atoms with van der Waals surface area (Å²) in [7, 11) is 0. The second-order valence-corrected chi connectivity index (χ2v) is 14.4. The van der Waals surface area contributed by atoms with Crippen LogP contribution < -0.4 is 16.4 Å². The number of nitrogens with zero attached hydrogens (tertiary/aromatic N) is 7. The van der Waals surface area contributed by atoms with Crippen molar-refractivity contribution in [2.24, 2.45) is 23.5 Å². The molecule has 11 atom stereocenters. The number of aliphatic carboxylic acids is 1. The number of aromatic nitrogens is 4. The lowest BCUT2D eigenvalue weighted by atomic mass is 9.78. The number of nitrogens with two attached hydrogens (primary N) is 1. The number of hydrogen-bond donors (Lipinski definition) is 5. The molecular formula is C27H42N10O6S. The molecule has 5 fully saturated rings. The number of tetrazole rings is 1. The predicted molar refractivity (Wildman–Crippen MR) is 157 cm³/mol. The highest BCUT2D eigenvalue weighted by Gasteiger charge is 2.65. The lowest BCUT2D eigenvalue weighted by Crippen LogP contribution is -2.68. The first-order valence-electron chi connectivity index (χ1n) is 15.4. The number of β-amino-alcohol motifs (C(OH)–C–C–N with tert-alkyl or cyclic N) is 1. The van der Waals surface area contributed by atoms with Crippen LogP contribution in [0.4, 0.5) is 0 Å². The molecule has 242 valence electrons. The summed E-state index contributed by atoms with van der Waals surface area (Å²) in [6.45, 7) is 7.05. The van der Waals surface area contributed by atoms with Crippen LogP contribution >= 0.6 is 11.8 Å². The number of piperidine rings is 1. The average molecular weight is 635 g/mol. The Kier molecular flexibility index (Phi) is 8.85. The topological polar surface area (TPSA) is 212 Å². The highest BCUT2D eigenvalue weighted by atomic mass is 32.2. The van der Waals surface area contributed by atoms with Crippen molar-refractivity contribution in [3.63, 3.8) is 0 Å². The number of amides is 3. The van der Waals surface area contributed by atoms with Crippen LogP contribution in [0.15, 0.2) is 6.33 Å². The molecule has 5 aliphatic rings. The number of carboxylic acids is 1. The van der Waals surface area contributed by atoms with E-state index in [2.05, 4.69) is 31.1 Å². The number of carbonyl (C=O) groups excluding carboxylic acids is 3. The van der Waals surface area contributed by atoms with E-state index in [1.54, 1.807) is 18.7 Å². The molecule has 0 aromatic carbocycles. The molecular weight excluding hydrogens is 592 g/mol. The van der Waals surface area contributed by atoms with Crippen LogP contribution in [-0.4, -0.2) is 148 Å². The van der Waals surface area contributed by atoms with Gasteiger partial charge in [0.2, 0.25) is 17.7 Å². The van der Waals surface area contributed by atoms with Crippen molar-refractivity contribution in [2.75, 3.05) is 32.7 Å². The van der Waals surface area contributed by atoms with Gasteiger partial charge in [-0.1, -0.05) is 6.92 Å². The maximum atomic E-state index is 13.6. The summed E-state index contributed by atoms with van der Waals surface area (Å²) in [5.74, 6) is -1.79. The van der Waals surface area contributed by atoms with Crippen LogP contribution in [0.1, 0.15) is 33.1 Å². The Hall–Kier alpha value is -2.86. The van der Waals surface area contributed by atoms with Gasteiger partial charge in [0, 0.05) is 61.3 Å². The maximum Gasteiger partial charge on any atom is 0.327 e. The summed E-state index contributed by atoms with van der Waals surface area (Å²) in [5.41, 5.74) is 5.57. The molecule has 6 rings (SSSR count). The highest BCUT2D eigenvalue weighted by molar-refractivity contribution is 8.00. The van der Waals surface area contributed by atoms with Crippen LogP contribution in [0, 0.1) is 17.8 Å². The number of aliphatic hydroxyl groups excluding tert-OH is 1. The number of fused-ring (bicyclic) bond motifs is 2. The van der Waals surface area contributed by atoms with Crippen molar-refractivity contribution >= 4 is 35.5 Å². The monoisotopic (exact) mass is 634 g/mol. The smallest absolute Gasteiger partial charge is 0.327 e. The average Bonchev–Trinajstić information content (AvgIpc) is 3.75. The first-order chi connectivity index (χ1) is 21.0. The van der Waals surface area contributed by atoms with Gasteiger partial charge in [-0.3, -0.25) is 19.3 Å². The lowest BCUT2D eigenvalue weighted by molar-refractivity contribution is -0.166. The standard InChI is InChI=1S/C27H42N10O6S/c1-13-22-21(14(2)31-20(39)11-35-12-30-32-33-35)26(41)37(22)23(27(42)43)24(13)44-16-7-17(29-8-16)25(40)36-6-3-15-9-34(10-19(28)38)5-4-18(15)36/h12-19,21-24,29,38H,3-11,28H2,1-2H3,(H,31,39)(H,42,43)/t13?,14?,15?,16?,17?,18?,19?,21-,22-,23?,24?/m1/s1. The number of likely N-dealkylation sites (tertiary alicyclic amines) is 2. The maximum absolute atomic E-state index is 13.6. The van der Waals surface area contributed by atoms with Gasteiger partial charge >= 0.3 is 5.97 Å². The van der Waals surface area contributed by atoms with Crippen molar-refractivity contribution in [3.05, 3.63) is 6.33 Å². The van der Waals surface area contributed by atoms with Crippen molar-refractivity contribution < 1.29 is 29.4 Å². The minimum Gasteiger partial charge on any atom is -0.480 e. The third-order valence-electron chi connectivity index (χ3n) is 10.2. The summed E-state index contributed by atoms with van der Waals surface area (Å²) in [4.78, 5) is 57.6. The number of carbonyl (C=O) groups is 4. The molecule has 3 amide bonds. The summed E-state index contributed by atoms with van der Waals surface area (Å²) in [6.07, 6.45) is 2.86. The van der Waals surface area contributed by atoms with Gasteiger partial charge in [-0.05, 0) is 48.4 Å². The fourth-order valence-electron chi connectivity index (χ4n) is 8.24. The Labute approximate surface area is 259 Å². The minimum absolute atomic E-state index is 0.0326. The fourth-order valence-corrected chi connectivity index (χ4v) is 9.98. The van der Waals surface area contributed by atoms with Gasteiger partial charge in [-0.25, -0.2) is 9.48 Å². The molecule has 0 radical (unpaired) electrons. The molecule has 0 bridgehead atoms. The molecule has 0 saturated carbocycles. The van der Waals surface area contributed by atoms with E-state index < -0.39 is 30.2 Å².